The molecule has 0 aliphatic heterocycles. The van der Waals surface area contributed by atoms with Crippen molar-refractivity contribution in [2.75, 3.05) is 0 Å². The first kappa shape index (κ1) is 11.4. The zero-order chi connectivity index (χ0) is 12.5. The van der Waals surface area contributed by atoms with E-state index in [2.05, 4.69) is 10.2 Å². The lowest BCUT2D eigenvalue weighted by Crippen LogP contribution is -2.07. The number of aromatic amines is 1. The number of halogens is 3. The fraction of sp³-hybridized carbons (Fsp3) is 0.0909. The van der Waals surface area contributed by atoms with Crippen LogP contribution in [-0.4, -0.2) is 16.0 Å². The fourth-order valence-electron chi connectivity index (χ4n) is 1.38. The van der Waals surface area contributed by atoms with Crippen molar-refractivity contribution in [2.24, 2.45) is 0 Å². The van der Waals surface area contributed by atoms with Gasteiger partial charge in [0.05, 0.1) is 17.3 Å². The van der Waals surface area contributed by atoms with E-state index in [9.17, 15) is 18.0 Å². The number of ketones is 1. The highest BCUT2D eigenvalue weighted by molar-refractivity contribution is 6.08. The Morgan fingerprint density at radius 3 is 2.59 bits per heavy atom. The molecule has 0 fully saturated rings. The Balaban J connectivity index is 2.38. The number of nitrogens with zero attached hydrogens (tertiary/aromatic N) is 1. The molecule has 1 aromatic heterocycles. The van der Waals surface area contributed by atoms with Crippen molar-refractivity contribution in [3.05, 3.63) is 53.3 Å². The van der Waals surface area contributed by atoms with Gasteiger partial charge < -0.3 is 0 Å². The van der Waals surface area contributed by atoms with Crippen LogP contribution in [0.3, 0.4) is 0 Å². The predicted molar refractivity (Wildman–Crippen MR) is 53.5 cm³/mol. The third-order valence-corrected chi connectivity index (χ3v) is 2.21. The summed E-state index contributed by atoms with van der Waals surface area (Å²) < 4.78 is 37.3. The molecule has 0 unspecified atom stereocenters. The second kappa shape index (κ2) is 4.04. The number of H-pyrrole nitrogens is 1. The monoisotopic (exact) mass is 240 g/mol. The van der Waals surface area contributed by atoms with Crippen LogP contribution in [0, 0.1) is 0 Å². The molecular weight excluding hydrogens is 233 g/mol. The normalized spacial score (nSPS) is 11.5. The number of rotatable bonds is 2. The van der Waals surface area contributed by atoms with Crippen LogP contribution in [0.5, 0.6) is 0 Å². The standard InChI is InChI=1S/C11H7F3N2O/c12-11(13,14)9-3-1-2-7(4-9)10(17)8-5-15-16-6-8/h1-6H,(H,15,16). The molecule has 17 heavy (non-hydrogen) atoms. The zero-order valence-corrected chi connectivity index (χ0v) is 8.45. The van der Waals surface area contributed by atoms with Gasteiger partial charge in [0.25, 0.3) is 0 Å². The zero-order valence-electron chi connectivity index (χ0n) is 8.45. The number of nitrogens with one attached hydrogen (secondary N) is 1. The maximum atomic E-state index is 12.4. The maximum absolute atomic E-state index is 12.4. The number of carbonyl (C=O) groups is 1. The number of aromatic nitrogens is 2. The van der Waals surface area contributed by atoms with Crippen molar-refractivity contribution < 1.29 is 18.0 Å². The lowest BCUT2D eigenvalue weighted by molar-refractivity contribution is -0.137. The molecule has 2 rings (SSSR count). The first-order valence-corrected chi connectivity index (χ1v) is 4.69. The van der Waals surface area contributed by atoms with Gasteiger partial charge in [0, 0.05) is 11.8 Å². The average molecular weight is 240 g/mol. The number of alkyl halides is 3. The largest absolute Gasteiger partial charge is 0.416 e. The third kappa shape index (κ3) is 2.35. The lowest BCUT2D eigenvalue weighted by Gasteiger charge is -2.07. The predicted octanol–water partition coefficient (Wildman–Crippen LogP) is 2.66. The summed E-state index contributed by atoms with van der Waals surface area (Å²) in [5.41, 5.74) is -0.627. The first-order chi connectivity index (χ1) is 7.98. The minimum absolute atomic E-state index is 0.0128. The lowest BCUT2D eigenvalue weighted by atomic mass is 10.0. The van der Waals surface area contributed by atoms with Crippen molar-refractivity contribution >= 4 is 5.78 Å². The molecule has 0 saturated heterocycles. The molecule has 2 aromatic rings. The molecule has 1 heterocycles. The molecule has 3 nitrogen and oxygen atoms in total. The number of hydrogen-bond donors (Lipinski definition) is 1. The Morgan fingerprint density at radius 2 is 2.00 bits per heavy atom. The molecule has 88 valence electrons. The molecule has 0 aliphatic carbocycles. The molecule has 0 atom stereocenters. The topological polar surface area (TPSA) is 45.8 Å². The van der Waals surface area contributed by atoms with E-state index in [1.165, 1.54) is 24.5 Å². The average Bonchev–Trinajstić information content (AvgIpc) is 2.80. The van der Waals surface area contributed by atoms with Crippen molar-refractivity contribution in [3.8, 4) is 0 Å². The number of carbonyl (C=O) groups excluding carboxylic acids is 1. The van der Waals surface area contributed by atoms with Crippen LogP contribution in [0.15, 0.2) is 36.7 Å². The van der Waals surface area contributed by atoms with Gasteiger partial charge in [-0.15, -0.1) is 0 Å². The maximum Gasteiger partial charge on any atom is 0.416 e. The summed E-state index contributed by atoms with van der Waals surface area (Å²) >= 11 is 0. The van der Waals surface area contributed by atoms with Gasteiger partial charge in [-0.05, 0) is 12.1 Å². The molecule has 0 saturated carbocycles. The molecular formula is C11H7F3N2O. The Labute approximate surface area is 94.3 Å². The van der Waals surface area contributed by atoms with Crippen LogP contribution >= 0.6 is 0 Å². The van der Waals surface area contributed by atoms with E-state index < -0.39 is 17.5 Å². The van der Waals surface area contributed by atoms with Crippen LogP contribution in [0.4, 0.5) is 13.2 Å². The SMILES string of the molecule is O=C(c1cn[nH]c1)c1cccc(C(F)(F)F)c1. The van der Waals surface area contributed by atoms with Crippen molar-refractivity contribution in [1.29, 1.82) is 0 Å². The van der Waals surface area contributed by atoms with Gasteiger partial charge in [0.15, 0.2) is 5.78 Å². The summed E-state index contributed by atoms with van der Waals surface area (Å²) in [7, 11) is 0. The van der Waals surface area contributed by atoms with Gasteiger partial charge in [-0.2, -0.15) is 18.3 Å². The van der Waals surface area contributed by atoms with Gasteiger partial charge in [0.2, 0.25) is 0 Å². The first-order valence-electron chi connectivity index (χ1n) is 4.69. The van der Waals surface area contributed by atoms with Gasteiger partial charge >= 0.3 is 6.18 Å². The van der Waals surface area contributed by atoms with Crippen molar-refractivity contribution in [2.45, 2.75) is 6.18 Å². The highest BCUT2D eigenvalue weighted by Crippen LogP contribution is 2.29. The van der Waals surface area contributed by atoms with E-state index in [0.29, 0.717) is 0 Å². The number of benzene rings is 1. The summed E-state index contributed by atoms with van der Waals surface area (Å²) in [4.78, 5) is 11.8. The molecule has 1 aromatic carbocycles. The second-order valence-corrected chi connectivity index (χ2v) is 3.39. The fourth-order valence-corrected chi connectivity index (χ4v) is 1.38. The summed E-state index contributed by atoms with van der Waals surface area (Å²) in [5.74, 6) is -0.496. The summed E-state index contributed by atoms with van der Waals surface area (Å²) in [6.45, 7) is 0. The van der Waals surface area contributed by atoms with Crippen molar-refractivity contribution in [1.82, 2.24) is 10.2 Å². The van der Waals surface area contributed by atoms with Gasteiger partial charge in [0.1, 0.15) is 0 Å². The second-order valence-electron chi connectivity index (χ2n) is 3.39. The minimum Gasteiger partial charge on any atom is -0.288 e. The summed E-state index contributed by atoms with van der Waals surface area (Å²) in [5, 5.41) is 6.00. The minimum atomic E-state index is -4.45. The molecule has 6 heteroatoms. The van der Waals surface area contributed by atoms with E-state index in [1.807, 2.05) is 0 Å². The van der Waals surface area contributed by atoms with Crippen molar-refractivity contribution in [3.63, 3.8) is 0 Å². The Hall–Kier alpha value is -2.11. The quantitative estimate of drug-likeness (QED) is 0.820. The van der Waals surface area contributed by atoms with E-state index in [-0.39, 0.29) is 11.1 Å². The molecule has 0 aliphatic rings. The Bertz CT molecular complexity index is 532. The highest BCUT2D eigenvalue weighted by Gasteiger charge is 2.30. The highest BCUT2D eigenvalue weighted by atomic mass is 19.4. The van der Waals surface area contributed by atoms with E-state index in [0.717, 1.165) is 12.1 Å². The molecule has 0 spiro atoms. The molecule has 0 radical (unpaired) electrons. The van der Waals surface area contributed by atoms with Gasteiger partial charge in [-0.3, -0.25) is 9.89 Å². The Morgan fingerprint density at radius 1 is 1.24 bits per heavy atom. The smallest absolute Gasteiger partial charge is 0.288 e. The molecule has 0 bridgehead atoms. The van der Waals surface area contributed by atoms with E-state index in [1.54, 1.807) is 0 Å². The van der Waals surface area contributed by atoms with E-state index >= 15 is 0 Å². The number of hydrogen-bond acceptors (Lipinski definition) is 2. The summed E-state index contributed by atoms with van der Waals surface area (Å²) in [6, 6.07) is 4.29. The van der Waals surface area contributed by atoms with Gasteiger partial charge in [-0.1, -0.05) is 12.1 Å². The van der Waals surface area contributed by atoms with Crippen LogP contribution in [-0.2, 0) is 6.18 Å². The van der Waals surface area contributed by atoms with Crippen LogP contribution < -0.4 is 0 Å². The van der Waals surface area contributed by atoms with Crippen LogP contribution in [0.25, 0.3) is 0 Å². The Kier molecular flexibility index (Phi) is 2.71. The van der Waals surface area contributed by atoms with E-state index in [4.69, 9.17) is 0 Å². The van der Waals surface area contributed by atoms with Crippen LogP contribution in [0.2, 0.25) is 0 Å². The van der Waals surface area contributed by atoms with Gasteiger partial charge in [-0.25, -0.2) is 0 Å². The molecule has 0 amide bonds. The third-order valence-electron chi connectivity index (χ3n) is 2.21. The molecule has 1 N–H and O–H groups in total. The van der Waals surface area contributed by atoms with Crippen LogP contribution in [0.1, 0.15) is 21.5 Å². The summed E-state index contributed by atoms with van der Waals surface area (Å²) in [6.07, 6.45) is -1.85.